The highest BCUT2D eigenvalue weighted by Gasteiger charge is 2.08. The van der Waals surface area contributed by atoms with Crippen LogP contribution in [0.5, 0.6) is 0 Å². The highest BCUT2D eigenvalue weighted by atomic mass is 16.3. The summed E-state index contributed by atoms with van der Waals surface area (Å²) in [5, 5.41) is 14.5. The van der Waals surface area contributed by atoms with E-state index in [0.29, 0.717) is 13.0 Å². The first-order valence-electron chi connectivity index (χ1n) is 6.34. The minimum atomic E-state index is -0.274. The third-order valence-corrected chi connectivity index (χ3v) is 2.77. The molecule has 1 unspecified atom stereocenters. The number of hydrogen-bond acceptors (Lipinski definition) is 4. The standard InChI is InChI=1S/C13H22N4O2/c1-4-11(9-18)16-13(19)15-8-10-5-6-14-12(7-10)17(2)3/h5-7,11,18H,4,8-9H2,1-3H3,(H2,15,16,19). The number of carbonyl (C=O) groups is 1. The van der Waals surface area contributed by atoms with Crippen molar-refractivity contribution in [2.45, 2.75) is 25.9 Å². The van der Waals surface area contributed by atoms with Gasteiger partial charge in [0.15, 0.2) is 0 Å². The van der Waals surface area contributed by atoms with Crippen LogP contribution in [0.15, 0.2) is 18.3 Å². The lowest BCUT2D eigenvalue weighted by molar-refractivity contribution is 0.214. The number of aromatic nitrogens is 1. The van der Waals surface area contributed by atoms with Gasteiger partial charge in [0.2, 0.25) is 0 Å². The first-order valence-corrected chi connectivity index (χ1v) is 6.34. The zero-order valence-electron chi connectivity index (χ0n) is 11.7. The molecule has 0 bridgehead atoms. The van der Waals surface area contributed by atoms with Gasteiger partial charge in [-0.05, 0) is 24.1 Å². The summed E-state index contributed by atoms with van der Waals surface area (Å²) in [7, 11) is 3.83. The van der Waals surface area contributed by atoms with E-state index in [-0.39, 0.29) is 18.7 Å². The number of nitrogens with one attached hydrogen (secondary N) is 2. The number of amides is 2. The van der Waals surface area contributed by atoms with Crippen molar-refractivity contribution in [2.24, 2.45) is 0 Å². The number of carbonyl (C=O) groups excluding carboxylic acids is 1. The molecule has 0 fully saturated rings. The Bertz CT molecular complexity index is 405. The average Bonchev–Trinajstić information content (AvgIpc) is 2.42. The monoisotopic (exact) mass is 266 g/mol. The van der Waals surface area contributed by atoms with Crippen molar-refractivity contribution in [1.82, 2.24) is 15.6 Å². The summed E-state index contributed by atoms with van der Waals surface area (Å²) in [6, 6.07) is 3.30. The Morgan fingerprint density at radius 3 is 2.84 bits per heavy atom. The lowest BCUT2D eigenvalue weighted by atomic mass is 10.2. The van der Waals surface area contributed by atoms with Crippen LogP contribution in [-0.2, 0) is 6.54 Å². The number of rotatable bonds is 6. The Labute approximate surface area is 113 Å². The predicted octanol–water partition coefficient (Wildman–Crippen LogP) is 0.718. The summed E-state index contributed by atoms with van der Waals surface area (Å²) in [4.78, 5) is 17.7. The lowest BCUT2D eigenvalue weighted by Gasteiger charge is -2.15. The first kappa shape index (κ1) is 15.2. The van der Waals surface area contributed by atoms with Gasteiger partial charge >= 0.3 is 6.03 Å². The van der Waals surface area contributed by atoms with Gasteiger partial charge in [-0.3, -0.25) is 0 Å². The van der Waals surface area contributed by atoms with Crippen LogP contribution >= 0.6 is 0 Å². The molecule has 1 aromatic heterocycles. The van der Waals surface area contributed by atoms with Crippen LogP contribution in [0, 0.1) is 0 Å². The predicted molar refractivity (Wildman–Crippen MR) is 75.1 cm³/mol. The number of aliphatic hydroxyl groups excluding tert-OH is 1. The van der Waals surface area contributed by atoms with E-state index in [1.807, 2.05) is 38.1 Å². The van der Waals surface area contributed by atoms with Crippen molar-refractivity contribution < 1.29 is 9.90 Å². The molecule has 0 aliphatic carbocycles. The molecule has 2 amide bonds. The Morgan fingerprint density at radius 2 is 2.26 bits per heavy atom. The molecular formula is C13H22N4O2. The third-order valence-electron chi connectivity index (χ3n) is 2.77. The van der Waals surface area contributed by atoms with Gasteiger partial charge in [-0.2, -0.15) is 0 Å². The fourth-order valence-electron chi connectivity index (χ4n) is 1.51. The number of pyridine rings is 1. The quantitative estimate of drug-likeness (QED) is 0.709. The maximum absolute atomic E-state index is 11.6. The largest absolute Gasteiger partial charge is 0.394 e. The number of anilines is 1. The maximum atomic E-state index is 11.6. The Balaban J connectivity index is 2.48. The van der Waals surface area contributed by atoms with E-state index in [2.05, 4.69) is 15.6 Å². The second-order valence-corrected chi connectivity index (χ2v) is 4.53. The smallest absolute Gasteiger partial charge is 0.315 e. The van der Waals surface area contributed by atoms with Gasteiger partial charge in [-0.1, -0.05) is 6.92 Å². The molecular weight excluding hydrogens is 244 g/mol. The minimum Gasteiger partial charge on any atom is -0.394 e. The van der Waals surface area contributed by atoms with Crippen molar-refractivity contribution >= 4 is 11.8 Å². The van der Waals surface area contributed by atoms with Crippen molar-refractivity contribution in [3.63, 3.8) is 0 Å². The Hall–Kier alpha value is -1.82. The van der Waals surface area contributed by atoms with E-state index in [1.54, 1.807) is 6.20 Å². The number of hydrogen-bond donors (Lipinski definition) is 3. The van der Waals surface area contributed by atoms with Gasteiger partial charge < -0.3 is 20.6 Å². The first-order chi connectivity index (χ1) is 9.06. The molecule has 3 N–H and O–H groups in total. The topological polar surface area (TPSA) is 77.5 Å². The highest BCUT2D eigenvalue weighted by molar-refractivity contribution is 5.74. The van der Waals surface area contributed by atoms with Crippen LogP contribution in [0.2, 0.25) is 0 Å². The van der Waals surface area contributed by atoms with Crippen LogP contribution in [0.1, 0.15) is 18.9 Å². The fraction of sp³-hybridized carbons (Fsp3) is 0.538. The van der Waals surface area contributed by atoms with E-state index in [0.717, 1.165) is 11.4 Å². The van der Waals surface area contributed by atoms with Gasteiger partial charge in [0.25, 0.3) is 0 Å². The van der Waals surface area contributed by atoms with E-state index < -0.39 is 0 Å². The van der Waals surface area contributed by atoms with Crippen molar-refractivity contribution in [1.29, 1.82) is 0 Å². The molecule has 6 heteroatoms. The second-order valence-electron chi connectivity index (χ2n) is 4.53. The van der Waals surface area contributed by atoms with Crippen LogP contribution in [-0.4, -0.2) is 42.9 Å². The summed E-state index contributed by atoms with van der Waals surface area (Å²) in [5.74, 6) is 0.849. The molecule has 0 radical (unpaired) electrons. The van der Waals surface area contributed by atoms with Crippen LogP contribution in [0.4, 0.5) is 10.6 Å². The van der Waals surface area contributed by atoms with Gasteiger partial charge in [-0.15, -0.1) is 0 Å². The van der Waals surface area contributed by atoms with E-state index in [4.69, 9.17) is 5.11 Å². The normalized spacial score (nSPS) is 11.8. The minimum absolute atomic E-state index is 0.0516. The zero-order chi connectivity index (χ0) is 14.3. The van der Waals surface area contributed by atoms with Gasteiger partial charge in [0, 0.05) is 26.8 Å². The molecule has 0 spiro atoms. The number of nitrogens with zero attached hydrogens (tertiary/aromatic N) is 2. The van der Waals surface area contributed by atoms with Crippen LogP contribution in [0.3, 0.4) is 0 Å². The summed E-state index contributed by atoms with van der Waals surface area (Å²) in [5.41, 5.74) is 0.978. The summed E-state index contributed by atoms with van der Waals surface area (Å²) < 4.78 is 0. The molecule has 0 aliphatic heterocycles. The number of aliphatic hydroxyl groups is 1. The van der Waals surface area contributed by atoms with E-state index >= 15 is 0 Å². The second kappa shape index (κ2) is 7.58. The van der Waals surface area contributed by atoms with Gasteiger partial charge in [0.1, 0.15) is 5.82 Å². The molecule has 1 atom stereocenters. The van der Waals surface area contributed by atoms with Gasteiger partial charge in [-0.25, -0.2) is 9.78 Å². The Kier molecular flexibility index (Phi) is 6.08. The van der Waals surface area contributed by atoms with Crippen molar-refractivity contribution in [3.05, 3.63) is 23.9 Å². The summed E-state index contributed by atoms with van der Waals surface area (Å²) in [6.45, 7) is 2.29. The summed E-state index contributed by atoms with van der Waals surface area (Å²) >= 11 is 0. The van der Waals surface area contributed by atoms with Crippen LogP contribution in [0.25, 0.3) is 0 Å². The third kappa shape index (κ3) is 5.13. The molecule has 0 aliphatic rings. The molecule has 0 saturated heterocycles. The van der Waals surface area contributed by atoms with Gasteiger partial charge in [0.05, 0.1) is 12.6 Å². The van der Waals surface area contributed by atoms with E-state index in [9.17, 15) is 4.79 Å². The Morgan fingerprint density at radius 1 is 1.53 bits per heavy atom. The maximum Gasteiger partial charge on any atom is 0.315 e. The molecule has 19 heavy (non-hydrogen) atoms. The fourth-order valence-corrected chi connectivity index (χ4v) is 1.51. The van der Waals surface area contributed by atoms with Crippen molar-refractivity contribution in [3.8, 4) is 0 Å². The zero-order valence-corrected chi connectivity index (χ0v) is 11.7. The summed E-state index contributed by atoms with van der Waals surface area (Å²) in [6.07, 6.45) is 2.41. The molecule has 1 rings (SSSR count). The molecule has 6 nitrogen and oxygen atoms in total. The molecule has 0 saturated carbocycles. The lowest BCUT2D eigenvalue weighted by Crippen LogP contribution is -2.43. The molecule has 1 heterocycles. The SMILES string of the molecule is CCC(CO)NC(=O)NCc1ccnc(N(C)C)c1. The highest BCUT2D eigenvalue weighted by Crippen LogP contribution is 2.09. The van der Waals surface area contributed by atoms with Crippen molar-refractivity contribution in [2.75, 3.05) is 25.6 Å². The molecule has 106 valence electrons. The average molecular weight is 266 g/mol. The molecule has 1 aromatic rings. The van der Waals surface area contributed by atoms with E-state index in [1.165, 1.54) is 0 Å². The van der Waals surface area contributed by atoms with Crippen LogP contribution < -0.4 is 15.5 Å². The number of urea groups is 1. The molecule has 0 aromatic carbocycles.